The summed E-state index contributed by atoms with van der Waals surface area (Å²) in [4.78, 5) is 8.40. The van der Waals surface area contributed by atoms with Crippen LogP contribution in [0.25, 0.3) is 0 Å². The first-order valence-electron chi connectivity index (χ1n) is 5.51. The summed E-state index contributed by atoms with van der Waals surface area (Å²) in [6, 6.07) is 2.05. The van der Waals surface area contributed by atoms with Crippen molar-refractivity contribution in [3.63, 3.8) is 0 Å². The van der Waals surface area contributed by atoms with Crippen LogP contribution < -0.4 is 10.5 Å². The molecule has 2 N–H and O–H groups in total. The van der Waals surface area contributed by atoms with E-state index in [1.807, 2.05) is 0 Å². The maximum Gasteiger partial charge on any atom is 0.316 e. The van der Waals surface area contributed by atoms with Gasteiger partial charge in [0.1, 0.15) is 10.7 Å². The number of hydrogen-bond acceptors (Lipinski definition) is 4. The van der Waals surface area contributed by atoms with Gasteiger partial charge >= 0.3 is 6.01 Å². The fourth-order valence-corrected chi connectivity index (χ4v) is 1.76. The van der Waals surface area contributed by atoms with Crippen LogP contribution in [0.15, 0.2) is 12.3 Å². The SMILES string of the molecule is NC(=S)c1ccnc(OCCC2CCC2)n1. The van der Waals surface area contributed by atoms with E-state index in [2.05, 4.69) is 9.97 Å². The summed E-state index contributed by atoms with van der Waals surface area (Å²) in [5, 5.41) is 0. The Morgan fingerprint density at radius 1 is 1.56 bits per heavy atom. The van der Waals surface area contributed by atoms with Crippen molar-refractivity contribution in [3.05, 3.63) is 18.0 Å². The Labute approximate surface area is 100 Å². The lowest BCUT2D eigenvalue weighted by molar-refractivity contribution is 0.212. The van der Waals surface area contributed by atoms with Crippen LogP contribution in [0.4, 0.5) is 0 Å². The standard InChI is InChI=1S/C11H15N3OS/c12-10(16)9-4-6-13-11(14-9)15-7-5-8-2-1-3-8/h4,6,8H,1-3,5,7H2,(H2,12,16). The van der Waals surface area contributed by atoms with E-state index in [1.54, 1.807) is 12.3 Å². The molecule has 4 nitrogen and oxygen atoms in total. The summed E-state index contributed by atoms with van der Waals surface area (Å²) in [6.07, 6.45) is 6.72. The smallest absolute Gasteiger partial charge is 0.316 e. The van der Waals surface area contributed by atoms with Gasteiger partial charge in [0.05, 0.1) is 6.61 Å². The third kappa shape index (κ3) is 2.88. The number of ether oxygens (including phenoxy) is 1. The summed E-state index contributed by atoms with van der Waals surface area (Å²) in [6.45, 7) is 0.672. The van der Waals surface area contributed by atoms with E-state index in [-0.39, 0.29) is 4.99 Å². The van der Waals surface area contributed by atoms with Gasteiger partial charge in [0.2, 0.25) is 0 Å². The molecule has 1 heterocycles. The first kappa shape index (κ1) is 11.3. The summed E-state index contributed by atoms with van der Waals surface area (Å²) < 4.78 is 5.47. The Morgan fingerprint density at radius 3 is 3.00 bits per heavy atom. The molecule has 0 radical (unpaired) electrons. The molecule has 86 valence electrons. The lowest BCUT2D eigenvalue weighted by atomic mass is 9.83. The highest BCUT2D eigenvalue weighted by Gasteiger charge is 2.17. The average molecular weight is 237 g/mol. The Hall–Kier alpha value is -1.23. The first-order chi connectivity index (χ1) is 7.75. The molecule has 1 aromatic rings. The minimum atomic E-state index is 0.270. The lowest BCUT2D eigenvalue weighted by Gasteiger charge is -2.24. The third-order valence-corrected chi connectivity index (χ3v) is 3.08. The van der Waals surface area contributed by atoms with Crippen LogP contribution in [0.1, 0.15) is 31.4 Å². The van der Waals surface area contributed by atoms with Crippen molar-refractivity contribution in [2.24, 2.45) is 11.7 Å². The third-order valence-electron chi connectivity index (χ3n) is 2.87. The van der Waals surface area contributed by atoms with Gasteiger partial charge < -0.3 is 10.5 Å². The Kier molecular flexibility index (Phi) is 3.66. The molecule has 16 heavy (non-hydrogen) atoms. The normalized spacial score (nSPS) is 15.5. The molecule has 0 amide bonds. The maximum absolute atomic E-state index is 5.48. The van der Waals surface area contributed by atoms with Crippen molar-refractivity contribution >= 4 is 17.2 Å². The highest BCUT2D eigenvalue weighted by atomic mass is 32.1. The molecule has 0 atom stereocenters. The molecule has 0 saturated heterocycles. The summed E-state index contributed by atoms with van der Waals surface area (Å²) in [7, 11) is 0. The molecule has 1 aliphatic carbocycles. The number of nitrogens with zero attached hydrogens (tertiary/aromatic N) is 2. The molecule has 2 rings (SSSR count). The van der Waals surface area contributed by atoms with Crippen LogP contribution >= 0.6 is 12.2 Å². The largest absolute Gasteiger partial charge is 0.463 e. The van der Waals surface area contributed by atoms with E-state index in [9.17, 15) is 0 Å². The first-order valence-corrected chi connectivity index (χ1v) is 5.92. The molecule has 1 aromatic heterocycles. The summed E-state index contributed by atoms with van der Waals surface area (Å²) in [5.74, 6) is 0.832. The quantitative estimate of drug-likeness (QED) is 0.789. The van der Waals surface area contributed by atoms with Crippen molar-refractivity contribution in [3.8, 4) is 6.01 Å². The average Bonchev–Trinajstić information content (AvgIpc) is 2.22. The zero-order valence-electron chi connectivity index (χ0n) is 9.06. The molecule has 0 unspecified atom stereocenters. The monoisotopic (exact) mass is 237 g/mol. The molecule has 1 fully saturated rings. The van der Waals surface area contributed by atoms with E-state index in [0.29, 0.717) is 18.3 Å². The van der Waals surface area contributed by atoms with Crippen LogP contribution in [0, 0.1) is 5.92 Å². The summed E-state index contributed by atoms with van der Waals surface area (Å²) in [5.41, 5.74) is 6.03. The number of hydrogen-bond donors (Lipinski definition) is 1. The zero-order valence-corrected chi connectivity index (χ0v) is 9.87. The van der Waals surface area contributed by atoms with Gasteiger partial charge in [0, 0.05) is 6.20 Å². The van der Waals surface area contributed by atoms with Crippen molar-refractivity contribution in [1.82, 2.24) is 9.97 Å². The van der Waals surface area contributed by atoms with Crippen LogP contribution in [0.3, 0.4) is 0 Å². The minimum absolute atomic E-state index is 0.270. The number of thiocarbonyl (C=S) groups is 1. The van der Waals surface area contributed by atoms with E-state index in [0.717, 1.165) is 12.3 Å². The van der Waals surface area contributed by atoms with Crippen molar-refractivity contribution in [1.29, 1.82) is 0 Å². The molecule has 1 saturated carbocycles. The topological polar surface area (TPSA) is 61.0 Å². The van der Waals surface area contributed by atoms with Crippen LogP contribution in [0.2, 0.25) is 0 Å². The van der Waals surface area contributed by atoms with Gasteiger partial charge in [-0.2, -0.15) is 4.98 Å². The molecule has 0 bridgehead atoms. The Balaban J connectivity index is 1.83. The minimum Gasteiger partial charge on any atom is -0.463 e. The van der Waals surface area contributed by atoms with Gasteiger partial charge in [-0.3, -0.25) is 0 Å². The van der Waals surface area contributed by atoms with Gasteiger partial charge in [-0.25, -0.2) is 4.98 Å². The Morgan fingerprint density at radius 2 is 2.38 bits per heavy atom. The fraction of sp³-hybridized carbons (Fsp3) is 0.545. The molecule has 5 heteroatoms. The number of rotatable bonds is 5. The van der Waals surface area contributed by atoms with E-state index in [1.165, 1.54) is 19.3 Å². The van der Waals surface area contributed by atoms with Crippen molar-refractivity contribution in [2.75, 3.05) is 6.61 Å². The van der Waals surface area contributed by atoms with Gasteiger partial charge in [0.25, 0.3) is 0 Å². The predicted octanol–water partition coefficient (Wildman–Crippen LogP) is 1.68. The number of nitrogens with two attached hydrogens (primary N) is 1. The number of aromatic nitrogens is 2. The molecule has 0 aliphatic heterocycles. The maximum atomic E-state index is 5.48. The van der Waals surface area contributed by atoms with Gasteiger partial charge in [-0.05, 0) is 18.4 Å². The predicted molar refractivity (Wildman–Crippen MR) is 65.4 cm³/mol. The van der Waals surface area contributed by atoms with E-state index >= 15 is 0 Å². The van der Waals surface area contributed by atoms with Crippen molar-refractivity contribution in [2.45, 2.75) is 25.7 Å². The highest BCUT2D eigenvalue weighted by Crippen LogP contribution is 2.29. The van der Waals surface area contributed by atoms with Gasteiger partial charge in [-0.1, -0.05) is 31.5 Å². The fourth-order valence-electron chi connectivity index (χ4n) is 1.65. The van der Waals surface area contributed by atoms with Gasteiger partial charge in [-0.15, -0.1) is 0 Å². The van der Waals surface area contributed by atoms with E-state index < -0.39 is 0 Å². The zero-order chi connectivity index (χ0) is 11.4. The molecular formula is C11H15N3OS. The lowest BCUT2D eigenvalue weighted by Crippen LogP contribution is -2.16. The van der Waals surface area contributed by atoms with E-state index in [4.69, 9.17) is 22.7 Å². The highest BCUT2D eigenvalue weighted by molar-refractivity contribution is 7.80. The summed E-state index contributed by atoms with van der Waals surface area (Å²) >= 11 is 4.84. The van der Waals surface area contributed by atoms with Crippen molar-refractivity contribution < 1.29 is 4.74 Å². The van der Waals surface area contributed by atoms with Crippen LogP contribution in [-0.2, 0) is 0 Å². The van der Waals surface area contributed by atoms with Crippen LogP contribution in [-0.4, -0.2) is 21.6 Å². The molecule has 1 aliphatic rings. The second-order valence-corrected chi connectivity index (χ2v) is 4.46. The molecule has 0 spiro atoms. The molecule has 0 aromatic carbocycles. The van der Waals surface area contributed by atoms with Gasteiger partial charge in [0.15, 0.2) is 0 Å². The Bertz CT molecular complexity index is 379. The second kappa shape index (κ2) is 5.21. The van der Waals surface area contributed by atoms with Crippen LogP contribution in [0.5, 0.6) is 6.01 Å². The second-order valence-electron chi connectivity index (χ2n) is 4.02. The molecular weight excluding hydrogens is 222 g/mol.